The van der Waals surface area contributed by atoms with E-state index >= 15 is 0 Å². The minimum Gasteiger partial charge on any atom is -0.466 e. The van der Waals surface area contributed by atoms with Crippen LogP contribution in [0.2, 0.25) is 0 Å². The van der Waals surface area contributed by atoms with Gasteiger partial charge >= 0.3 is 17.9 Å². The van der Waals surface area contributed by atoms with Gasteiger partial charge in [-0.05, 0) is 12.5 Å². The SMILES string of the molecule is CCOC(=O)c1cnc2n(c1=O)[C@H]1C(C(=O)OC)=C(C(=O)OC)[C@@H]2N1Cc1ccccc1. The second-order valence-corrected chi connectivity index (χ2v) is 7.17. The highest BCUT2D eigenvalue weighted by Gasteiger charge is 2.56. The third-order valence-electron chi connectivity index (χ3n) is 5.49. The third-order valence-corrected chi connectivity index (χ3v) is 5.49. The quantitative estimate of drug-likeness (QED) is 0.482. The average molecular weight is 439 g/mol. The smallest absolute Gasteiger partial charge is 0.345 e. The van der Waals surface area contributed by atoms with Gasteiger partial charge in [0, 0.05) is 12.7 Å². The normalized spacial score (nSPS) is 19.0. The molecule has 0 saturated carbocycles. The van der Waals surface area contributed by atoms with Gasteiger partial charge in [-0.3, -0.25) is 14.3 Å². The predicted octanol–water partition coefficient (Wildman–Crippen LogP) is 1.13. The van der Waals surface area contributed by atoms with Crippen LogP contribution in [0.3, 0.4) is 0 Å². The Labute approximate surface area is 183 Å². The lowest BCUT2D eigenvalue weighted by molar-refractivity contribution is -0.139. The van der Waals surface area contributed by atoms with Crippen LogP contribution in [0.15, 0.2) is 52.5 Å². The van der Waals surface area contributed by atoms with E-state index in [0.717, 1.165) is 11.8 Å². The van der Waals surface area contributed by atoms with Crippen LogP contribution >= 0.6 is 0 Å². The molecule has 2 bridgehead atoms. The lowest BCUT2D eigenvalue weighted by atomic mass is 10.00. The third kappa shape index (κ3) is 3.19. The molecular weight excluding hydrogens is 418 g/mol. The summed E-state index contributed by atoms with van der Waals surface area (Å²) in [5.41, 5.74) is 0.0223. The second-order valence-electron chi connectivity index (χ2n) is 7.17. The lowest BCUT2D eigenvalue weighted by Crippen LogP contribution is -2.36. The first-order valence-electron chi connectivity index (χ1n) is 9.93. The van der Waals surface area contributed by atoms with Gasteiger partial charge in [0.25, 0.3) is 5.56 Å². The molecule has 0 N–H and O–H groups in total. The highest BCUT2D eigenvalue weighted by Crippen LogP contribution is 2.52. The van der Waals surface area contributed by atoms with E-state index in [4.69, 9.17) is 14.2 Å². The molecule has 10 heteroatoms. The van der Waals surface area contributed by atoms with Gasteiger partial charge in [0.2, 0.25) is 0 Å². The van der Waals surface area contributed by atoms with Crippen LogP contribution < -0.4 is 5.56 Å². The maximum atomic E-state index is 13.3. The Kier molecular flexibility index (Phi) is 5.62. The number of carbonyl (C=O) groups is 3. The molecule has 0 unspecified atom stereocenters. The van der Waals surface area contributed by atoms with Crippen molar-refractivity contribution in [2.24, 2.45) is 0 Å². The number of rotatable bonds is 6. The largest absolute Gasteiger partial charge is 0.466 e. The van der Waals surface area contributed by atoms with Crippen LogP contribution in [0, 0.1) is 0 Å². The van der Waals surface area contributed by atoms with Gasteiger partial charge in [0.05, 0.1) is 32.0 Å². The van der Waals surface area contributed by atoms with Gasteiger partial charge < -0.3 is 14.2 Å². The summed E-state index contributed by atoms with van der Waals surface area (Å²) in [6.45, 7) is 2.02. The predicted molar refractivity (Wildman–Crippen MR) is 109 cm³/mol. The molecule has 10 nitrogen and oxygen atoms in total. The summed E-state index contributed by atoms with van der Waals surface area (Å²) >= 11 is 0. The topological polar surface area (TPSA) is 117 Å². The van der Waals surface area contributed by atoms with E-state index in [1.165, 1.54) is 18.8 Å². The molecule has 0 aliphatic carbocycles. The van der Waals surface area contributed by atoms with Crippen LogP contribution in [-0.4, -0.2) is 53.2 Å². The number of ether oxygens (including phenoxy) is 3. The van der Waals surface area contributed by atoms with Crippen LogP contribution in [0.5, 0.6) is 0 Å². The Morgan fingerprint density at radius 2 is 1.66 bits per heavy atom. The second kappa shape index (κ2) is 8.39. The molecule has 2 atom stereocenters. The molecule has 166 valence electrons. The first-order chi connectivity index (χ1) is 15.4. The van der Waals surface area contributed by atoms with Gasteiger partial charge in [-0.2, -0.15) is 0 Å². The number of esters is 3. The maximum absolute atomic E-state index is 13.3. The van der Waals surface area contributed by atoms with E-state index in [1.807, 2.05) is 30.3 Å². The molecule has 2 aliphatic heterocycles. The monoisotopic (exact) mass is 439 g/mol. The Bertz CT molecular complexity index is 1190. The van der Waals surface area contributed by atoms with Gasteiger partial charge in [-0.15, -0.1) is 0 Å². The summed E-state index contributed by atoms with van der Waals surface area (Å²) in [6, 6.07) is 8.54. The van der Waals surface area contributed by atoms with Gasteiger partial charge in [-0.1, -0.05) is 30.3 Å². The van der Waals surface area contributed by atoms with Crippen molar-refractivity contribution in [3.63, 3.8) is 0 Å². The number of methoxy groups -OCH3 is 2. The van der Waals surface area contributed by atoms with Gasteiger partial charge in [0.15, 0.2) is 0 Å². The van der Waals surface area contributed by atoms with E-state index in [2.05, 4.69) is 4.98 Å². The number of carbonyl (C=O) groups excluding carboxylic acids is 3. The van der Waals surface area contributed by atoms with Crippen molar-refractivity contribution in [3.8, 4) is 0 Å². The maximum Gasteiger partial charge on any atom is 0.345 e. The van der Waals surface area contributed by atoms with Gasteiger partial charge in [-0.25, -0.2) is 19.4 Å². The lowest BCUT2D eigenvalue weighted by Gasteiger charge is -2.23. The van der Waals surface area contributed by atoms with E-state index in [9.17, 15) is 19.2 Å². The molecule has 1 aromatic carbocycles. The zero-order valence-corrected chi connectivity index (χ0v) is 17.7. The van der Waals surface area contributed by atoms with E-state index in [1.54, 1.807) is 11.8 Å². The first-order valence-corrected chi connectivity index (χ1v) is 9.93. The molecule has 0 radical (unpaired) electrons. The van der Waals surface area contributed by atoms with Gasteiger partial charge in [0.1, 0.15) is 23.6 Å². The Morgan fingerprint density at radius 1 is 1.00 bits per heavy atom. The molecule has 4 rings (SSSR count). The number of aromatic nitrogens is 2. The summed E-state index contributed by atoms with van der Waals surface area (Å²) in [5.74, 6) is -2.06. The number of nitrogens with zero attached hydrogens (tertiary/aromatic N) is 3. The van der Waals surface area contributed by atoms with E-state index in [0.29, 0.717) is 6.54 Å². The molecule has 32 heavy (non-hydrogen) atoms. The minimum atomic E-state index is -0.994. The number of benzene rings is 1. The molecule has 0 amide bonds. The summed E-state index contributed by atoms with van der Waals surface area (Å²) in [7, 11) is 2.40. The van der Waals surface area contributed by atoms with E-state index in [-0.39, 0.29) is 29.1 Å². The molecular formula is C22H21N3O7. The number of fused-ring (bicyclic) bond motifs is 5. The standard InChI is InChI=1S/C22H21N3O7/c1-4-32-20(27)13-10-23-17-16-14(21(28)30-2)15(22(29)31-3)18(25(17)19(13)26)24(16)11-12-8-6-5-7-9-12/h5-10,16,18H,4,11H2,1-3H3/t16-,18-/m0/s1. The summed E-state index contributed by atoms with van der Waals surface area (Å²) in [4.78, 5) is 57.1. The fourth-order valence-corrected chi connectivity index (χ4v) is 4.21. The molecule has 0 spiro atoms. The Hall–Kier alpha value is -3.79. The van der Waals surface area contributed by atoms with Crippen molar-refractivity contribution >= 4 is 17.9 Å². The zero-order chi connectivity index (χ0) is 23.0. The first kappa shape index (κ1) is 21.4. The molecule has 3 heterocycles. The van der Waals surface area contributed by atoms with Crippen LogP contribution in [0.1, 0.15) is 40.9 Å². The van der Waals surface area contributed by atoms with E-state index < -0.39 is 35.7 Å². The zero-order valence-electron chi connectivity index (χ0n) is 17.7. The Morgan fingerprint density at radius 3 is 2.28 bits per heavy atom. The summed E-state index contributed by atoms with van der Waals surface area (Å²) in [5, 5.41) is 0. The molecule has 2 aliphatic rings. The molecule has 2 aromatic rings. The van der Waals surface area contributed by atoms with Crippen LogP contribution in [-0.2, 0) is 30.3 Å². The van der Waals surface area contributed by atoms with Crippen molar-refractivity contribution in [2.45, 2.75) is 25.7 Å². The molecule has 1 aromatic heterocycles. The van der Waals surface area contributed by atoms with Crippen LogP contribution in [0.25, 0.3) is 0 Å². The van der Waals surface area contributed by atoms with Crippen molar-refractivity contribution < 1.29 is 28.6 Å². The fourth-order valence-electron chi connectivity index (χ4n) is 4.21. The molecule has 0 saturated heterocycles. The van der Waals surface area contributed by atoms with Crippen molar-refractivity contribution in [2.75, 3.05) is 20.8 Å². The average Bonchev–Trinajstić information content (AvgIpc) is 3.29. The van der Waals surface area contributed by atoms with Crippen LogP contribution in [0.4, 0.5) is 0 Å². The summed E-state index contributed by atoms with van der Waals surface area (Å²) < 4.78 is 16.1. The number of hydrogen-bond donors (Lipinski definition) is 0. The van der Waals surface area contributed by atoms with Crippen molar-refractivity contribution in [1.82, 2.24) is 14.5 Å². The van der Waals surface area contributed by atoms with Crippen molar-refractivity contribution in [3.05, 3.63) is 75.0 Å². The molecule has 0 fully saturated rings. The highest BCUT2D eigenvalue weighted by molar-refractivity contribution is 6.03. The Balaban J connectivity index is 1.91. The highest BCUT2D eigenvalue weighted by atomic mass is 16.5. The summed E-state index contributed by atoms with van der Waals surface area (Å²) in [6.07, 6.45) is 0.145. The minimum absolute atomic E-state index is 0.0160. The number of hydrogen-bond acceptors (Lipinski definition) is 9. The van der Waals surface area contributed by atoms with Crippen molar-refractivity contribution in [1.29, 1.82) is 0 Å². The fraction of sp³-hybridized carbons (Fsp3) is 0.318.